The minimum Gasteiger partial charge on any atom is -0.312 e. The fourth-order valence-corrected chi connectivity index (χ4v) is 4.19. The Bertz CT molecular complexity index is 353. The second-order valence-corrected chi connectivity index (χ2v) is 7.02. The van der Waals surface area contributed by atoms with Gasteiger partial charge in [0, 0.05) is 15.8 Å². The average Bonchev–Trinajstić information content (AvgIpc) is 2.76. The maximum atomic E-state index is 3.54. The Morgan fingerprint density at radius 2 is 2.19 bits per heavy atom. The second-order valence-electron chi connectivity index (χ2n) is 5.70. The molecule has 2 rings (SSSR count). The predicted octanol–water partition coefficient (Wildman–Crippen LogP) is 4.14. The van der Waals surface area contributed by atoms with Gasteiger partial charge in [-0.05, 0) is 50.3 Å². The molecule has 0 spiro atoms. The molecule has 1 aromatic heterocycles. The fraction of sp³-hybridized carbons (Fsp3) is 0.714. The van der Waals surface area contributed by atoms with E-state index in [-0.39, 0.29) is 0 Å². The standard InChI is InChI=1S/C14H23NS/c1-10-7-8-12(16-10)13(15-4)11-6-5-9-14(11,2)3/h7-8,11,13,15H,5-6,9H2,1-4H3. The normalized spacial score (nSPS) is 25.9. The first-order valence-electron chi connectivity index (χ1n) is 6.28. The Hall–Kier alpha value is -0.340. The van der Waals surface area contributed by atoms with E-state index >= 15 is 0 Å². The third kappa shape index (κ3) is 2.18. The van der Waals surface area contributed by atoms with Crippen LogP contribution in [0, 0.1) is 18.3 Å². The first-order chi connectivity index (χ1) is 7.54. The van der Waals surface area contributed by atoms with Crippen molar-refractivity contribution in [2.75, 3.05) is 7.05 Å². The molecule has 2 unspecified atom stereocenters. The molecule has 2 atom stereocenters. The highest BCUT2D eigenvalue weighted by Gasteiger charge is 2.39. The fourth-order valence-electron chi connectivity index (χ4n) is 3.13. The van der Waals surface area contributed by atoms with Crippen molar-refractivity contribution in [3.05, 3.63) is 21.9 Å². The topological polar surface area (TPSA) is 12.0 Å². The molecule has 0 radical (unpaired) electrons. The number of aryl methyl sites for hydroxylation is 1. The van der Waals surface area contributed by atoms with Crippen LogP contribution in [0.15, 0.2) is 12.1 Å². The van der Waals surface area contributed by atoms with Crippen molar-refractivity contribution in [3.8, 4) is 0 Å². The van der Waals surface area contributed by atoms with Crippen LogP contribution >= 0.6 is 11.3 Å². The highest BCUT2D eigenvalue weighted by molar-refractivity contribution is 7.12. The van der Waals surface area contributed by atoms with Gasteiger partial charge in [0.1, 0.15) is 0 Å². The Morgan fingerprint density at radius 1 is 1.44 bits per heavy atom. The number of rotatable bonds is 3. The van der Waals surface area contributed by atoms with Crippen LogP contribution in [0.1, 0.15) is 48.9 Å². The zero-order valence-corrected chi connectivity index (χ0v) is 11.7. The number of hydrogen-bond acceptors (Lipinski definition) is 2. The molecule has 1 nitrogen and oxygen atoms in total. The summed E-state index contributed by atoms with van der Waals surface area (Å²) in [6.07, 6.45) is 4.13. The molecule has 16 heavy (non-hydrogen) atoms. The molecular weight excluding hydrogens is 214 g/mol. The first-order valence-corrected chi connectivity index (χ1v) is 7.10. The molecular formula is C14H23NS. The molecule has 1 aliphatic rings. The minimum absolute atomic E-state index is 0.492. The molecule has 1 aromatic rings. The van der Waals surface area contributed by atoms with Gasteiger partial charge in [-0.2, -0.15) is 0 Å². The Kier molecular flexibility index (Phi) is 3.41. The SMILES string of the molecule is CNC(c1ccc(C)s1)C1CCCC1(C)C. The Labute approximate surface area is 103 Å². The van der Waals surface area contributed by atoms with E-state index in [9.17, 15) is 0 Å². The van der Waals surface area contributed by atoms with E-state index in [2.05, 4.69) is 45.3 Å². The van der Waals surface area contributed by atoms with Gasteiger partial charge < -0.3 is 5.32 Å². The average molecular weight is 237 g/mol. The zero-order chi connectivity index (χ0) is 11.8. The van der Waals surface area contributed by atoms with Gasteiger partial charge >= 0.3 is 0 Å². The lowest BCUT2D eigenvalue weighted by Gasteiger charge is -2.33. The van der Waals surface area contributed by atoms with Crippen LogP contribution in [-0.4, -0.2) is 7.05 Å². The molecule has 1 aliphatic carbocycles. The lowest BCUT2D eigenvalue weighted by atomic mass is 9.77. The van der Waals surface area contributed by atoms with E-state index in [0.29, 0.717) is 11.5 Å². The van der Waals surface area contributed by atoms with Crippen molar-refractivity contribution in [1.82, 2.24) is 5.32 Å². The van der Waals surface area contributed by atoms with Crippen molar-refractivity contribution >= 4 is 11.3 Å². The summed E-state index contributed by atoms with van der Waals surface area (Å²) in [5.41, 5.74) is 0.492. The van der Waals surface area contributed by atoms with Crippen molar-refractivity contribution in [2.24, 2.45) is 11.3 Å². The summed E-state index contributed by atoms with van der Waals surface area (Å²) in [7, 11) is 2.11. The van der Waals surface area contributed by atoms with Gasteiger partial charge in [-0.15, -0.1) is 11.3 Å². The summed E-state index contributed by atoms with van der Waals surface area (Å²) < 4.78 is 0. The summed E-state index contributed by atoms with van der Waals surface area (Å²) >= 11 is 1.95. The second kappa shape index (κ2) is 4.50. The lowest BCUT2D eigenvalue weighted by molar-refractivity contribution is 0.205. The van der Waals surface area contributed by atoms with Gasteiger partial charge in [-0.1, -0.05) is 20.3 Å². The predicted molar refractivity (Wildman–Crippen MR) is 72.0 cm³/mol. The maximum Gasteiger partial charge on any atom is 0.0446 e. The minimum atomic E-state index is 0.492. The first kappa shape index (κ1) is 12.1. The monoisotopic (exact) mass is 237 g/mol. The van der Waals surface area contributed by atoms with Gasteiger partial charge in [0.05, 0.1) is 0 Å². The van der Waals surface area contributed by atoms with E-state index < -0.39 is 0 Å². The van der Waals surface area contributed by atoms with Crippen LogP contribution in [0.5, 0.6) is 0 Å². The molecule has 0 aromatic carbocycles. The number of hydrogen-bond donors (Lipinski definition) is 1. The third-order valence-corrected chi connectivity index (χ3v) is 5.20. The van der Waals surface area contributed by atoms with Crippen LogP contribution in [0.3, 0.4) is 0 Å². The van der Waals surface area contributed by atoms with Crippen molar-refractivity contribution in [2.45, 2.75) is 46.1 Å². The summed E-state index contributed by atoms with van der Waals surface area (Å²) in [6.45, 7) is 7.05. The molecule has 2 heteroatoms. The lowest BCUT2D eigenvalue weighted by Crippen LogP contribution is -2.31. The third-order valence-electron chi connectivity index (χ3n) is 4.12. The van der Waals surface area contributed by atoms with Crippen molar-refractivity contribution < 1.29 is 0 Å². The molecule has 1 saturated carbocycles. The molecule has 1 fully saturated rings. The molecule has 1 heterocycles. The highest BCUT2D eigenvalue weighted by atomic mass is 32.1. The van der Waals surface area contributed by atoms with Crippen LogP contribution in [0.2, 0.25) is 0 Å². The Balaban J connectivity index is 2.23. The van der Waals surface area contributed by atoms with Crippen LogP contribution in [0.25, 0.3) is 0 Å². The van der Waals surface area contributed by atoms with E-state index in [1.807, 2.05) is 11.3 Å². The summed E-state index contributed by atoms with van der Waals surface area (Å²) in [6, 6.07) is 5.10. The van der Waals surface area contributed by atoms with Crippen LogP contribution in [-0.2, 0) is 0 Å². The largest absolute Gasteiger partial charge is 0.312 e. The summed E-state index contributed by atoms with van der Waals surface area (Å²) in [5, 5.41) is 3.54. The summed E-state index contributed by atoms with van der Waals surface area (Å²) in [4.78, 5) is 2.94. The van der Waals surface area contributed by atoms with Crippen molar-refractivity contribution in [1.29, 1.82) is 0 Å². The van der Waals surface area contributed by atoms with Crippen molar-refractivity contribution in [3.63, 3.8) is 0 Å². The van der Waals surface area contributed by atoms with E-state index in [1.165, 1.54) is 29.0 Å². The van der Waals surface area contributed by atoms with Gasteiger partial charge in [-0.25, -0.2) is 0 Å². The number of thiophene rings is 1. The summed E-state index contributed by atoms with van der Waals surface area (Å²) in [5.74, 6) is 0.788. The molecule has 0 bridgehead atoms. The molecule has 0 aliphatic heterocycles. The van der Waals surface area contributed by atoms with Gasteiger partial charge in [0.2, 0.25) is 0 Å². The van der Waals surface area contributed by atoms with Crippen LogP contribution in [0.4, 0.5) is 0 Å². The number of nitrogens with one attached hydrogen (secondary N) is 1. The quantitative estimate of drug-likeness (QED) is 0.833. The van der Waals surface area contributed by atoms with E-state index in [4.69, 9.17) is 0 Å². The smallest absolute Gasteiger partial charge is 0.0446 e. The van der Waals surface area contributed by atoms with Gasteiger partial charge in [0.25, 0.3) is 0 Å². The zero-order valence-electron chi connectivity index (χ0n) is 10.8. The Morgan fingerprint density at radius 3 is 2.62 bits per heavy atom. The molecule has 90 valence electrons. The maximum absolute atomic E-state index is 3.54. The molecule has 0 saturated heterocycles. The molecule has 1 N–H and O–H groups in total. The highest BCUT2D eigenvalue weighted by Crippen LogP contribution is 2.49. The van der Waals surface area contributed by atoms with Gasteiger partial charge in [0.15, 0.2) is 0 Å². The van der Waals surface area contributed by atoms with E-state index in [1.54, 1.807) is 0 Å². The van der Waals surface area contributed by atoms with E-state index in [0.717, 1.165) is 5.92 Å². The molecule has 0 amide bonds. The van der Waals surface area contributed by atoms with Gasteiger partial charge in [-0.3, -0.25) is 0 Å². The van der Waals surface area contributed by atoms with Crippen LogP contribution < -0.4 is 5.32 Å².